The van der Waals surface area contributed by atoms with Crippen LogP contribution in [0.5, 0.6) is 0 Å². The second-order valence-corrected chi connectivity index (χ2v) is 7.76. The van der Waals surface area contributed by atoms with Crippen LogP contribution in [0.2, 0.25) is 0 Å². The van der Waals surface area contributed by atoms with Gasteiger partial charge in [-0.25, -0.2) is 8.78 Å². The summed E-state index contributed by atoms with van der Waals surface area (Å²) < 4.78 is 40.3. The number of ether oxygens (including phenoxy) is 2. The zero-order valence-corrected chi connectivity index (χ0v) is 16.6. The molecule has 0 atom stereocenters. The number of pyridine rings is 1. The summed E-state index contributed by atoms with van der Waals surface area (Å²) in [5.41, 5.74) is -0.317. The third-order valence-electron chi connectivity index (χ3n) is 5.95. The number of halogens is 2. The molecule has 2 fully saturated rings. The highest BCUT2D eigenvalue weighted by Gasteiger charge is 2.41. The van der Waals surface area contributed by atoms with E-state index < -0.39 is 23.0 Å². The Hall–Kier alpha value is -3.10. The molecule has 8 heteroatoms. The van der Waals surface area contributed by atoms with Crippen LogP contribution < -0.4 is 5.56 Å². The molecule has 1 spiro atoms. The number of likely N-dealkylation sites (tertiary alicyclic amines) is 1. The smallest absolute Gasteiger partial charge is 0.263 e. The van der Waals surface area contributed by atoms with Gasteiger partial charge in [-0.15, -0.1) is 0 Å². The van der Waals surface area contributed by atoms with Crippen molar-refractivity contribution in [3.8, 4) is 5.69 Å². The third-order valence-corrected chi connectivity index (χ3v) is 5.95. The molecule has 1 aromatic heterocycles. The van der Waals surface area contributed by atoms with E-state index >= 15 is 0 Å². The van der Waals surface area contributed by atoms with Crippen molar-refractivity contribution in [2.45, 2.75) is 18.6 Å². The molecule has 0 saturated carbocycles. The van der Waals surface area contributed by atoms with Crippen molar-refractivity contribution in [1.29, 1.82) is 0 Å². The topological polar surface area (TPSA) is 60.8 Å². The van der Waals surface area contributed by atoms with Gasteiger partial charge in [0.15, 0.2) is 5.79 Å². The number of benzene rings is 2. The number of nitrogens with zero attached hydrogens (tertiary/aromatic N) is 2. The predicted molar refractivity (Wildman–Crippen MR) is 109 cm³/mol. The molecule has 0 bridgehead atoms. The Labute approximate surface area is 176 Å². The fraction of sp³-hybridized carbons (Fsp3) is 0.304. The zero-order valence-electron chi connectivity index (χ0n) is 16.6. The van der Waals surface area contributed by atoms with Gasteiger partial charge in [0.2, 0.25) is 0 Å². The Balaban J connectivity index is 1.57. The van der Waals surface area contributed by atoms with Crippen LogP contribution in [-0.2, 0) is 9.47 Å². The summed E-state index contributed by atoms with van der Waals surface area (Å²) in [7, 11) is 0. The number of carbonyl (C=O) groups excluding carboxylic acids is 1. The molecule has 2 aliphatic heterocycles. The zero-order chi connectivity index (χ0) is 21.6. The van der Waals surface area contributed by atoms with E-state index in [0.717, 1.165) is 10.6 Å². The van der Waals surface area contributed by atoms with Crippen molar-refractivity contribution >= 4 is 16.7 Å². The second-order valence-electron chi connectivity index (χ2n) is 7.76. The normalized spacial score (nSPS) is 18.1. The number of piperidine rings is 1. The first-order valence-electron chi connectivity index (χ1n) is 10.1. The third kappa shape index (κ3) is 3.41. The van der Waals surface area contributed by atoms with Gasteiger partial charge in [-0.2, -0.15) is 0 Å². The van der Waals surface area contributed by atoms with Gasteiger partial charge in [0.05, 0.1) is 24.5 Å². The first-order chi connectivity index (χ1) is 15.0. The van der Waals surface area contributed by atoms with Crippen molar-refractivity contribution in [1.82, 2.24) is 9.47 Å². The van der Waals surface area contributed by atoms with Crippen molar-refractivity contribution in [2.24, 2.45) is 0 Å². The monoisotopic (exact) mass is 426 g/mol. The molecule has 0 aliphatic carbocycles. The molecule has 0 unspecified atom stereocenters. The lowest BCUT2D eigenvalue weighted by Gasteiger charge is -2.37. The van der Waals surface area contributed by atoms with E-state index in [-0.39, 0.29) is 22.5 Å². The fourth-order valence-electron chi connectivity index (χ4n) is 4.32. The maximum absolute atomic E-state index is 14.5. The maximum atomic E-state index is 14.5. The molecule has 1 amide bonds. The molecular formula is C23H20F2N2O4. The van der Waals surface area contributed by atoms with Crippen LogP contribution in [0.25, 0.3) is 16.5 Å². The van der Waals surface area contributed by atoms with Crippen LogP contribution in [0.1, 0.15) is 23.2 Å². The standard InChI is InChI=1S/C23H20F2N2O4/c24-15-5-6-20(19(25)13-15)27-14-18(16-3-1-2-4-17(16)22(27)29)21(28)26-9-7-23(8-10-26)30-11-12-31-23/h1-6,13-14H,7-12H2. The van der Waals surface area contributed by atoms with Crippen molar-refractivity contribution in [3.63, 3.8) is 0 Å². The lowest BCUT2D eigenvalue weighted by molar-refractivity contribution is -0.181. The molecule has 3 heterocycles. The quantitative estimate of drug-likeness (QED) is 0.631. The van der Waals surface area contributed by atoms with Gasteiger partial charge in [0.1, 0.15) is 11.6 Å². The van der Waals surface area contributed by atoms with Gasteiger partial charge >= 0.3 is 0 Å². The Kier molecular flexibility index (Phi) is 4.83. The molecule has 3 aromatic rings. The van der Waals surface area contributed by atoms with Crippen molar-refractivity contribution in [2.75, 3.05) is 26.3 Å². The molecule has 6 nitrogen and oxygen atoms in total. The van der Waals surface area contributed by atoms with E-state index in [1.54, 1.807) is 29.2 Å². The lowest BCUT2D eigenvalue weighted by atomic mass is 10.0. The summed E-state index contributed by atoms with van der Waals surface area (Å²) >= 11 is 0. The van der Waals surface area contributed by atoms with Gasteiger partial charge in [-0.05, 0) is 18.2 Å². The highest BCUT2D eigenvalue weighted by atomic mass is 19.1. The van der Waals surface area contributed by atoms with E-state index in [1.165, 1.54) is 12.3 Å². The van der Waals surface area contributed by atoms with Crippen LogP contribution >= 0.6 is 0 Å². The molecule has 5 rings (SSSR count). The molecule has 31 heavy (non-hydrogen) atoms. The summed E-state index contributed by atoms with van der Waals surface area (Å²) in [6.07, 6.45) is 2.46. The Morgan fingerprint density at radius 1 is 0.968 bits per heavy atom. The summed E-state index contributed by atoms with van der Waals surface area (Å²) in [5, 5.41) is 0.776. The molecule has 2 aromatic carbocycles. The van der Waals surface area contributed by atoms with Gasteiger partial charge in [-0.3, -0.25) is 14.2 Å². The number of hydrogen-bond acceptors (Lipinski definition) is 4. The van der Waals surface area contributed by atoms with Gasteiger partial charge in [0, 0.05) is 49.0 Å². The highest BCUT2D eigenvalue weighted by molar-refractivity contribution is 6.06. The lowest BCUT2D eigenvalue weighted by Crippen LogP contribution is -2.47. The Morgan fingerprint density at radius 3 is 2.32 bits per heavy atom. The minimum Gasteiger partial charge on any atom is -0.347 e. The number of carbonyl (C=O) groups is 1. The summed E-state index contributed by atoms with van der Waals surface area (Å²) in [6.45, 7) is 1.98. The predicted octanol–water partition coefficient (Wildman–Crippen LogP) is 3.25. The van der Waals surface area contributed by atoms with E-state index in [1.807, 2.05) is 0 Å². The average Bonchev–Trinajstić information content (AvgIpc) is 3.23. The maximum Gasteiger partial charge on any atom is 0.263 e. The molecule has 0 radical (unpaired) electrons. The number of hydrogen-bond donors (Lipinski definition) is 0. The highest BCUT2D eigenvalue weighted by Crippen LogP contribution is 2.32. The second kappa shape index (κ2) is 7.55. The number of aromatic nitrogens is 1. The van der Waals surface area contributed by atoms with E-state index in [9.17, 15) is 18.4 Å². The summed E-state index contributed by atoms with van der Waals surface area (Å²) in [6, 6.07) is 9.70. The van der Waals surface area contributed by atoms with Gasteiger partial charge in [0.25, 0.3) is 11.5 Å². The van der Waals surface area contributed by atoms with Crippen molar-refractivity contribution < 1.29 is 23.0 Å². The molecular weight excluding hydrogens is 406 g/mol. The van der Waals surface area contributed by atoms with E-state index in [0.29, 0.717) is 50.6 Å². The fourth-order valence-corrected chi connectivity index (χ4v) is 4.32. The minimum absolute atomic E-state index is 0.114. The number of amides is 1. The Bertz CT molecular complexity index is 1220. The van der Waals surface area contributed by atoms with Gasteiger partial charge < -0.3 is 14.4 Å². The summed E-state index contributed by atoms with van der Waals surface area (Å²) in [5.74, 6) is -2.51. The average molecular weight is 426 g/mol. The van der Waals surface area contributed by atoms with Gasteiger partial charge in [-0.1, -0.05) is 18.2 Å². The first kappa shape index (κ1) is 19.8. The molecule has 2 aliphatic rings. The van der Waals surface area contributed by atoms with Crippen molar-refractivity contribution in [3.05, 3.63) is 76.2 Å². The molecule has 160 valence electrons. The summed E-state index contributed by atoms with van der Waals surface area (Å²) in [4.78, 5) is 28.1. The van der Waals surface area contributed by atoms with Crippen LogP contribution in [0.4, 0.5) is 8.78 Å². The molecule has 2 saturated heterocycles. The largest absolute Gasteiger partial charge is 0.347 e. The Morgan fingerprint density at radius 2 is 1.65 bits per heavy atom. The number of rotatable bonds is 2. The van der Waals surface area contributed by atoms with Crippen LogP contribution in [0.15, 0.2) is 53.5 Å². The SMILES string of the molecule is O=C(c1cn(-c2ccc(F)cc2F)c(=O)c2ccccc12)N1CCC2(CC1)OCCO2. The van der Waals surface area contributed by atoms with Crippen LogP contribution in [0, 0.1) is 11.6 Å². The number of fused-ring (bicyclic) bond motifs is 1. The van der Waals surface area contributed by atoms with E-state index in [4.69, 9.17) is 9.47 Å². The van der Waals surface area contributed by atoms with Crippen LogP contribution in [-0.4, -0.2) is 47.5 Å². The molecule has 0 N–H and O–H groups in total. The van der Waals surface area contributed by atoms with Crippen LogP contribution in [0.3, 0.4) is 0 Å². The van der Waals surface area contributed by atoms with E-state index in [2.05, 4.69) is 0 Å². The first-order valence-corrected chi connectivity index (χ1v) is 10.1. The minimum atomic E-state index is -0.883.